The maximum Gasteiger partial charge on any atom is 0.265 e. The number of carbonyl (C=O) groups excluding carboxylic acids is 1. The predicted octanol–water partition coefficient (Wildman–Crippen LogP) is 5.97. The van der Waals surface area contributed by atoms with Crippen molar-refractivity contribution in [1.82, 2.24) is 4.98 Å². The van der Waals surface area contributed by atoms with Gasteiger partial charge in [-0.3, -0.25) is 4.79 Å². The normalized spacial score (nSPS) is 16.3. The van der Waals surface area contributed by atoms with Crippen molar-refractivity contribution < 1.29 is 13.6 Å². The third kappa shape index (κ3) is 4.58. The summed E-state index contributed by atoms with van der Waals surface area (Å²) in [5.74, 6) is -0.805. The highest BCUT2D eigenvalue weighted by atomic mass is 32.1. The molecule has 1 atom stereocenters. The third-order valence-corrected chi connectivity index (χ3v) is 7.45. The molecule has 9 heteroatoms. The van der Waals surface area contributed by atoms with Crippen molar-refractivity contribution in [3.63, 3.8) is 0 Å². The minimum atomic E-state index is -0.345. The second-order valence-electron chi connectivity index (χ2n) is 7.67. The molecular formula is C23H20F2N4OS2. The molecule has 164 valence electrons. The molecule has 0 radical (unpaired) electrons. The molecule has 5 nitrogen and oxygen atoms in total. The molecule has 3 heterocycles. The number of piperidine rings is 1. The van der Waals surface area contributed by atoms with Gasteiger partial charge >= 0.3 is 0 Å². The monoisotopic (exact) mass is 470 g/mol. The molecule has 1 amide bonds. The molecule has 1 aliphatic heterocycles. The molecule has 0 aliphatic carbocycles. The number of amides is 1. The maximum atomic E-state index is 13.2. The Morgan fingerprint density at radius 1 is 1.03 bits per heavy atom. The quantitative estimate of drug-likeness (QED) is 0.377. The van der Waals surface area contributed by atoms with Gasteiger partial charge in [-0.1, -0.05) is 11.3 Å². The Bertz CT molecular complexity index is 1210. The minimum Gasteiger partial charge on any atom is -0.369 e. The molecule has 1 unspecified atom stereocenters. The Balaban J connectivity index is 1.23. The number of nitrogens with zero attached hydrogens (tertiary/aromatic N) is 2. The van der Waals surface area contributed by atoms with Crippen molar-refractivity contribution in [3.8, 4) is 0 Å². The molecular weight excluding hydrogens is 450 g/mol. The van der Waals surface area contributed by atoms with Crippen molar-refractivity contribution >= 4 is 54.6 Å². The molecule has 2 aromatic heterocycles. The molecule has 2 aromatic carbocycles. The van der Waals surface area contributed by atoms with E-state index in [1.54, 1.807) is 0 Å². The highest BCUT2D eigenvalue weighted by Gasteiger charge is 2.22. The van der Waals surface area contributed by atoms with Gasteiger partial charge in [0.15, 0.2) is 5.13 Å². The van der Waals surface area contributed by atoms with E-state index in [1.807, 2.05) is 18.2 Å². The first-order valence-corrected chi connectivity index (χ1v) is 11.9. The zero-order valence-electron chi connectivity index (χ0n) is 17.0. The topological polar surface area (TPSA) is 57.3 Å². The van der Waals surface area contributed by atoms with Gasteiger partial charge in [0.05, 0.1) is 9.58 Å². The largest absolute Gasteiger partial charge is 0.369 e. The second-order valence-corrected chi connectivity index (χ2v) is 9.73. The highest BCUT2D eigenvalue weighted by molar-refractivity contribution is 7.29. The lowest BCUT2D eigenvalue weighted by Crippen LogP contribution is -2.42. The summed E-state index contributed by atoms with van der Waals surface area (Å²) in [5.41, 5.74) is 1.57. The lowest BCUT2D eigenvalue weighted by Gasteiger charge is -2.34. The average Bonchev–Trinajstić information content (AvgIpc) is 3.35. The van der Waals surface area contributed by atoms with Gasteiger partial charge in [0.2, 0.25) is 0 Å². The van der Waals surface area contributed by atoms with Crippen LogP contribution in [-0.2, 0) is 0 Å². The van der Waals surface area contributed by atoms with Gasteiger partial charge in [-0.25, -0.2) is 13.8 Å². The van der Waals surface area contributed by atoms with Crippen LogP contribution in [0.5, 0.6) is 0 Å². The maximum absolute atomic E-state index is 13.2. The van der Waals surface area contributed by atoms with E-state index in [2.05, 4.69) is 20.5 Å². The number of hydrogen-bond donors (Lipinski definition) is 2. The lowest BCUT2D eigenvalue weighted by atomic mass is 10.1. The average molecular weight is 471 g/mol. The standard InChI is InChI=1S/C23H20F2N4OS2/c24-14-3-7-16(8-4-14)26-21(30)19-12-20-22(31-19)28-23(32-20)27-17-2-1-11-29(13-17)18-9-5-15(25)6-10-18/h3-10,12,17H,1-2,11,13H2,(H,26,30)(H,27,28). The molecule has 0 bridgehead atoms. The molecule has 4 aromatic rings. The number of rotatable bonds is 5. The van der Waals surface area contributed by atoms with Crippen molar-refractivity contribution in [2.24, 2.45) is 0 Å². The van der Waals surface area contributed by atoms with Crippen LogP contribution >= 0.6 is 22.7 Å². The molecule has 0 saturated carbocycles. The summed E-state index contributed by atoms with van der Waals surface area (Å²) in [5, 5.41) is 7.14. The number of benzene rings is 2. The SMILES string of the molecule is O=C(Nc1ccc(F)cc1)c1cc2sc(NC3CCCN(c4ccc(F)cc4)C3)nc2s1. The van der Waals surface area contributed by atoms with Gasteiger partial charge in [-0.05, 0) is 67.4 Å². The molecule has 1 saturated heterocycles. The number of hydrogen-bond acceptors (Lipinski definition) is 6. The summed E-state index contributed by atoms with van der Waals surface area (Å²) < 4.78 is 27.2. The number of thiazole rings is 1. The predicted molar refractivity (Wildman–Crippen MR) is 127 cm³/mol. The summed E-state index contributed by atoms with van der Waals surface area (Å²) in [6.07, 6.45) is 2.08. The van der Waals surface area contributed by atoms with E-state index in [0.717, 1.165) is 46.3 Å². The number of fused-ring (bicyclic) bond motifs is 1. The van der Waals surface area contributed by atoms with E-state index in [9.17, 15) is 13.6 Å². The molecule has 2 N–H and O–H groups in total. The number of thiophene rings is 1. The first kappa shape index (κ1) is 20.8. The van der Waals surface area contributed by atoms with Gasteiger partial charge < -0.3 is 15.5 Å². The summed E-state index contributed by atoms with van der Waals surface area (Å²) in [7, 11) is 0. The number of anilines is 3. The van der Waals surface area contributed by atoms with Crippen LogP contribution in [0.15, 0.2) is 54.6 Å². The van der Waals surface area contributed by atoms with E-state index < -0.39 is 0 Å². The highest BCUT2D eigenvalue weighted by Crippen LogP contribution is 2.34. The minimum absolute atomic E-state index is 0.228. The Kier molecular flexibility index (Phi) is 5.75. The smallest absolute Gasteiger partial charge is 0.265 e. The lowest BCUT2D eigenvalue weighted by molar-refractivity contribution is 0.103. The zero-order chi connectivity index (χ0) is 22.1. The fourth-order valence-electron chi connectivity index (χ4n) is 3.79. The molecule has 1 fully saturated rings. The van der Waals surface area contributed by atoms with Crippen LogP contribution in [0.2, 0.25) is 0 Å². The Morgan fingerprint density at radius 3 is 2.47 bits per heavy atom. The van der Waals surface area contributed by atoms with E-state index in [4.69, 9.17) is 0 Å². The number of aromatic nitrogens is 1. The van der Waals surface area contributed by atoms with Crippen LogP contribution in [-0.4, -0.2) is 30.0 Å². The molecule has 5 rings (SSSR count). The zero-order valence-corrected chi connectivity index (χ0v) is 18.6. The number of carbonyl (C=O) groups is 1. The Labute approximate surface area is 191 Å². The Hall–Kier alpha value is -3.04. The molecule has 32 heavy (non-hydrogen) atoms. The van der Waals surface area contributed by atoms with E-state index in [1.165, 1.54) is 59.1 Å². The number of halogens is 2. The van der Waals surface area contributed by atoms with Gasteiger partial charge in [-0.2, -0.15) is 0 Å². The van der Waals surface area contributed by atoms with Crippen molar-refractivity contribution in [1.29, 1.82) is 0 Å². The van der Waals surface area contributed by atoms with Gasteiger partial charge in [0.25, 0.3) is 5.91 Å². The van der Waals surface area contributed by atoms with Crippen molar-refractivity contribution in [2.45, 2.75) is 18.9 Å². The summed E-state index contributed by atoms with van der Waals surface area (Å²) in [4.78, 5) is 20.8. The van der Waals surface area contributed by atoms with Crippen molar-refractivity contribution in [3.05, 3.63) is 71.1 Å². The molecule has 0 spiro atoms. The van der Waals surface area contributed by atoms with E-state index in [-0.39, 0.29) is 23.6 Å². The third-order valence-electron chi connectivity index (χ3n) is 5.36. The summed E-state index contributed by atoms with van der Waals surface area (Å²) >= 11 is 2.86. The van der Waals surface area contributed by atoms with Crippen LogP contribution in [0.4, 0.5) is 25.3 Å². The summed E-state index contributed by atoms with van der Waals surface area (Å²) in [6, 6.07) is 14.4. The van der Waals surface area contributed by atoms with Crippen LogP contribution in [0.3, 0.4) is 0 Å². The first-order valence-electron chi connectivity index (χ1n) is 10.3. The molecule has 1 aliphatic rings. The van der Waals surface area contributed by atoms with Crippen LogP contribution in [0, 0.1) is 11.6 Å². The van der Waals surface area contributed by atoms with Gasteiger partial charge in [0.1, 0.15) is 16.5 Å². The second kappa shape index (κ2) is 8.84. The summed E-state index contributed by atoms with van der Waals surface area (Å²) in [6.45, 7) is 1.77. The van der Waals surface area contributed by atoms with Crippen LogP contribution in [0.1, 0.15) is 22.5 Å². The van der Waals surface area contributed by atoms with Gasteiger partial charge in [-0.15, -0.1) is 11.3 Å². The van der Waals surface area contributed by atoms with Crippen LogP contribution < -0.4 is 15.5 Å². The van der Waals surface area contributed by atoms with Crippen molar-refractivity contribution in [2.75, 3.05) is 28.6 Å². The number of nitrogens with one attached hydrogen (secondary N) is 2. The van der Waals surface area contributed by atoms with E-state index in [0.29, 0.717) is 10.6 Å². The van der Waals surface area contributed by atoms with Gasteiger partial charge in [0, 0.05) is 30.5 Å². The fourth-order valence-corrected chi connectivity index (χ4v) is 5.88. The Morgan fingerprint density at radius 2 is 1.75 bits per heavy atom. The fraction of sp³-hybridized carbons (Fsp3) is 0.217. The first-order chi connectivity index (χ1) is 15.5. The van der Waals surface area contributed by atoms with Crippen LogP contribution in [0.25, 0.3) is 9.53 Å². The van der Waals surface area contributed by atoms with E-state index >= 15 is 0 Å².